The van der Waals surface area contributed by atoms with Crippen molar-refractivity contribution in [2.45, 2.75) is 25.7 Å². The van der Waals surface area contributed by atoms with E-state index in [0.29, 0.717) is 6.42 Å². The monoisotopic (exact) mass is 346 g/mol. The predicted molar refractivity (Wildman–Crippen MR) is 57.7 cm³/mol. The third kappa shape index (κ3) is 11.5. The molecule has 0 heterocycles. The second-order valence-electron chi connectivity index (χ2n) is 3.77. The Balaban J connectivity index is 4.74. The normalized spacial score (nSPS) is 13.3. The Morgan fingerprint density at radius 3 is 1.76 bits per heavy atom. The van der Waals surface area contributed by atoms with E-state index < -0.39 is 45.3 Å². The molecule has 0 aliphatic heterocycles. The van der Waals surface area contributed by atoms with Gasteiger partial charge in [-0.2, -0.15) is 26.3 Å². The van der Waals surface area contributed by atoms with Crippen LogP contribution >= 0.6 is 7.60 Å². The average molecular weight is 346 g/mol. The molecule has 0 saturated carbocycles. The van der Waals surface area contributed by atoms with Crippen LogP contribution in [0.15, 0.2) is 0 Å². The minimum absolute atomic E-state index is 0.128. The van der Waals surface area contributed by atoms with Crippen molar-refractivity contribution in [3.8, 4) is 0 Å². The Morgan fingerprint density at radius 1 is 1.00 bits per heavy atom. The van der Waals surface area contributed by atoms with Gasteiger partial charge in [-0.15, -0.1) is 0 Å². The van der Waals surface area contributed by atoms with E-state index in [1.807, 2.05) is 0 Å². The molecule has 0 amide bonds. The summed E-state index contributed by atoms with van der Waals surface area (Å²) in [5.41, 5.74) is 0. The molecule has 0 spiro atoms. The van der Waals surface area contributed by atoms with E-state index in [4.69, 9.17) is 0 Å². The standard InChI is InChI=1S/C9H13F6O5P/c1-2-3-18-7(16)4-21(17,19-5-8(10,11)12)20-6-9(13,14)15/h2-6H2,1H3. The van der Waals surface area contributed by atoms with Gasteiger partial charge < -0.3 is 4.74 Å². The molecule has 0 unspecified atom stereocenters. The van der Waals surface area contributed by atoms with E-state index in [1.165, 1.54) is 0 Å². The number of hydrogen-bond acceptors (Lipinski definition) is 5. The Kier molecular flexibility index (Phi) is 7.69. The lowest BCUT2D eigenvalue weighted by Crippen LogP contribution is -2.23. The number of esters is 1. The Bertz CT molecular complexity index is 358. The number of carbonyl (C=O) groups excluding carboxylic acids is 1. The maximum absolute atomic E-state index is 12.0. The SMILES string of the molecule is CCCOC(=O)CP(=O)(OCC(F)(F)F)OCC(F)(F)F. The van der Waals surface area contributed by atoms with Crippen LogP contribution in [0.5, 0.6) is 0 Å². The van der Waals surface area contributed by atoms with Crippen LogP contribution in [0.25, 0.3) is 0 Å². The highest BCUT2D eigenvalue weighted by Gasteiger charge is 2.40. The predicted octanol–water partition coefficient (Wildman–Crippen LogP) is 3.29. The minimum Gasteiger partial charge on any atom is -0.465 e. The molecule has 12 heteroatoms. The molecule has 0 aliphatic rings. The van der Waals surface area contributed by atoms with Crippen LogP contribution in [0, 0.1) is 0 Å². The molecule has 21 heavy (non-hydrogen) atoms. The zero-order valence-electron chi connectivity index (χ0n) is 10.8. The quantitative estimate of drug-likeness (QED) is 0.383. The number of alkyl halides is 6. The van der Waals surface area contributed by atoms with Gasteiger partial charge in [0.25, 0.3) is 0 Å². The summed E-state index contributed by atoms with van der Waals surface area (Å²) in [6, 6.07) is 0. The number of hydrogen-bond donors (Lipinski definition) is 0. The van der Waals surface area contributed by atoms with Gasteiger partial charge in [0, 0.05) is 0 Å². The summed E-state index contributed by atoms with van der Waals surface area (Å²) in [6.07, 6.45) is -10.9. The van der Waals surface area contributed by atoms with Crippen LogP contribution in [-0.2, 0) is 23.1 Å². The fraction of sp³-hybridized carbons (Fsp3) is 0.889. The molecule has 126 valence electrons. The van der Waals surface area contributed by atoms with Gasteiger partial charge in [-0.1, -0.05) is 6.92 Å². The first-order chi connectivity index (χ1) is 9.37. The van der Waals surface area contributed by atoms with Gasteiger partial charge in [0.2, 0.25) is 0 Å². The van der Waals surface area contributed by atoms with Crippen molar-refractivity contribution < 1.29 is 49.5 Å². The lowest BCUT2D eigenvalue weighted by Gasteiger charge is -2.19. The van der Waals surface area contributed by atoms with Crippen LogP contribution in [0.2, 0.25) is 0 Å². The minimum atomic E-state index is -4.94. The molecule has 0 aliphatic carbocycles. The van der Waals surface area contributed by atoms with E-state index in [2.05, 4.69) is 13.8 Å². The molecule has 0 bridgehead atoms. The van der Waals surface area contributed by atoms with Gasteiger partial charge in [-0.25, -0.2) is 0 Å². The summed E-state index contributed by atoms with van der Waals surface area (Å²) in [6.45, 7) is -2.74. The van der Waals surface area contributed by atoms with Crippen molar-refractivity contribution in [2.75, 3.05) is 26.0 Å². The smallest absolute Gasteiger partial charge is 0.412 e. The van der Waals surface area contributed by atoms with Crippen molar-refractivity contribution in [1.29, 1.82) is 0 Å². The molecule has 0 radical (unpaired) electrons. The summed E-state index contributed by atoms with van der Waals surface area (Å²) < 4.78 is 95.6. The van der Waals surface area contributed by atoms with Crippen molar-refractivity contribution in [3.05, 3.63) is 0 Å². The first-order valence-electron chi connectivity index (χ1n) is 5.54. The Hall–Kier alpha value is -0.800. The van der Waals surface area contributed by atoms with Crippen LogP contribution in [0.1, 0.15) is 13.3 Å². The molecule has 0 aromatic rings. The van der Waals surface area contributed by atoms with Gasteiger partial charge in [0.1, 0.15) is 6.16 Å². The first kappa shape index (κ1) is 20.2. The highest BCUT2D eigenvalue weighted by Crippen LogP contribution is 2.50. The molecular formula is C9H13F6O5P. The average Bonchev–Trinajstić information content (AvgIpc) is 2.30. The lowest BCUT2D eigenvalue weighted by molar-refractivity contribution is -0.166. The summed E-state index contributed by atoms with van der Waals surface area (Å²) in [5, 5.41) is 0. The number of halogens is 6. The summed E-state index contributed by atoms with van der Waals surface area (Å²) >= 11 is 0. The molecule has 5 nitrogen and oxygen atoms in total. The third-order valence-electron chi connectivity index (χ3n) is 1.64. The maximum Gasteiger partial charge on any atom is 0.412 e. The second kappa shape index (κ2) is 8.00. The molecule has 0 N–H and O–H groups in total. The zero-order chi connectivity index (χ0) is 16.7. The molecule has 0 aromatic carbocycles. The first-order valence-corrected chi connectivity index (χ1v) is 7.27. The van der Waals surface area contributed by atoms with E-state index >= 15 is 0 Å². The van der Waals surface area contributed by atoms with Crippen molar-refractivity contribution in [1.82, 2.24) is 0 Å². The van der Waals surface area contributed by atoms with Crippen LogP contribution in [0.3, 0.4) is 0 Å². The Labute approximate surface area is 116 Å². The summed E-state index contributed by atoms with van der Waals surface area (Å²) in [4.78, 5) is 11.1. The van der Waals surface area contributed by atoms with Gasteiger partial charge in [0.05, 0.1) is 6.61 Å². The lowest BCUT2D eigenvalue weighted by atomic mass is 10.5. The molecular weight excluding hydrogens is 333 g/mol. The van der Waals surface area contributed by atoms with E-state index in [1.54, 1.807) is 6.92 Å². The maximum atomic E-state index is 12.0. The van der Waals surface area contributed by atoms with Gasteiger partial charge in [-0.05, 0) is 6.42 Å². The van der Waals surface area contributed by atoms with E-state index in [9.17, 15) is 35.7 Å². The summed E-state index contributed by atoms with van der Waals surface area (Å²) in [7, 11) is -4.92. The van der Waals surface area contributed by atoms with Crippen molar-refractivity contribution in [2.24, 2.45) is 0 Å². The molecule has 0 fully saturated rings. The molecule has 0 rings (SSSR count). The van der Waals surface area contributed by atoms with Gasteiger partial charge in [0.15, 0.2) is 13.2 Å². The number of rotatable bonds is 8. The second-order valence-corrected chi connectivity index (χ2v) is 5.82. The largest absolute Gasteiger partial charge is 0.465 e. The molecule has 0 atom stereocenters. The summed E-state index contributed by atoms with van der Waals surface area (Å²) in [5.74, 6) is -1.27. The van der Waals surface area contributed by atoms with Gasteiger partial charge >= 0.3 is 25.9 Å². The highest BCUT2D eigenvalue weighted by molar-refractivity contribution is 7.54. The molecule has 0 saturated heterocycles. The zero-order valence-corrected chi connectivity index (χ0v) is 11.7. The van der Waals surface area contributed by atoms with Crippen molar-refractivity contribution >= 4 is 13.6 Å². The topological polar surface area (TPSA) is 61.8 Å². The highest BCUT2D eigenvalue weighted by atomic mass is 31.2. The fourth-order valence-corrected chi connectivity index (χ4v) is 2.24. The van der Waals surface area contributed by atoms with Crippen molar-refractivity contribution in [3.63, 3.8) is 0 Å². The van der Waals surface area contributed by atoms with E-state index in [0.717, 1.165) is 0 Å². The number of ether oxygens (including phenoxy) is 1. The molecule has 0 aromatic heterocycles. The van der Waals surface area contributed by atoms with Crippen LogP contribution < -0.4 is 0 Å². The Morgan fingerprint density at radius 2 is 1.43 bits per heavy atom. The fourth-order valence-electron chi connectivity index (χ4n) is 0.891. The van der Waals surface area contributed by atoms with E-state index in [-0.39, 0.29) is 6.61 Å². The van der Waals surface area contributed by atoms with Crippen LogP contribution in [-0.4, -0.2) is 44.3 Å². The van der Waals surface area contributed by atoms with Gasteiger partial charge in [-0.3, -0.25) is 18.4 Å². The number of carbonyl (C=O) groups is 1. The van der Waals surface area contributed by atoms with Crippen LogP contribution in [0.4, 0.5) is 26.3 Å². The third-order valence-corrected chi connectivity index (χ3v) is 3.33.